The van der Waals surface area contributed by atoms with Crippen molar-refractivity contribution < 1.29 is 23.7 Å². The number of hydrogen-bond donors (Lipinski definition) is 0. The number of aromatic nitrogens is 1. The Balaban J connectivity index is 1.87. The van der Waals surface area contributed by atoms with Crippen molar-refractivity contribution in [3.8, 4) is 23.0 Å². The van der Waals surface area contributed by atoms with Crippen LogP contribution in [0.15, 0.2) is 60.8 Å². The van der Waals surface area contributed by atoms with Crippen LogP contribution in [0.2, 0.25) is 5.02 Å². The molecule has 0 saturated heterocycles. The maximum Gasteiger partial charge on any atom is 0.189 e. The van der Waals surface area contributed by atoms with Gasteiger partial charge in [-0.3, -0.25) is 9.78 Å². The van der Waals surface area contributed by atoms with Crippen molar-refractivity contribution in [1.82, 2.24) is 4.98 Å². The summed E-state index contributed by atoms with van der Waals surface area (Å²) in [5, 5.41) is 0.320. The Labute approximate surface area is 186 Å². The van der Waals surface area contributed by atoms with Crippen LogP contribution in [0.3, 0.4) is 0 Å². The first-order valence-electron chi connectivity index (χ1n) is 9.40. The van der Waals surface area contributed by atoms with Gasteiger partial charge in [0.25, 0.3) is 0 Å². The number of pyridine rings is 1. The van der Waals surface area contributed by atoms with Crippen LogP contribution in [-0.2, 0) is 6.61 Å². The second-order valence-electron chi connectivity index (χ2n) is 6.40. The van der Waals surface area contributed by atoms with Crippen LogP contribution in [0.25, 0.3) is 6.08 Å². The molecule has 0 atom stereocenters. The molecule has 0 aliphatic carbocycles. The highest BCUT2D eigenvalue weighted by atomic mass is 35.5. The summed E-state index contributed by atoms with van der Waals surface area (Å²) in [4.78, 5) is 17.1. The van der Waals surface area contributed by atoms with Gasteiger partial charge in [0.1, 0.15) is 29.6 Å². The van der Waals surface area contributed by atoms with Crippen molar-refractivity contribution in [3.63, 3.8) is 0 Å². The fourth-order valence-corrected chi connectivity index (χ4v) is 3.10. The maximum absolute atomic E-state index is 12.8. The summed E-state index contributed by atoms with van der Waals surface area (Å²) in [6, 6.07) is 14.1. The Kier molecular flexibility index (Phi) is 7.51. The SMILES string of the molecule is COc1ccc(OCc2ccccn2)c(C=CC(=O)c2cc(Cl)c(OC)cc2OC)c1. The molecule has 3 rings (SSSR count). The lowest BCUT2D eigenvalue weighted by Crippen LogP contribution is -2.01. The first-order valence-corrected chi connectivity index (χ1v) is 9.78. The van der Waals surface area contributed by atoms with Gasteiger partial charge in [-0.25, -0.2) is 0 Å². The van der Waals surface area contributed by atoms with Crippen molar-refractivity contribution in [2.45, 2.75) is 6.61 Å². The van der Waals surface area contributed by atoms with E-state index in [-0.39, 0.29) is 5.78 Å². The number of carbonyl (C=O) groups excluding carboxylic acids is 1. The molecular formula is C24H22ClNO5. The van der Waals surface area contributed by atoms with Gasteiger partial charge in [0.2, 0.25) is 0 Å². The minimum atomic E-state index is -0.278. The maximum atomic E-state index is 12.8. The van der Waals surface area contributed by atoms with Crippen LogP contribution in [0.5, 0.6) is 23.0 Å². The van der Waals surface area contributed by atoms with Gasteiger partial charge in [-0.2, -0.15) is 0 Å². The minimum Gasteiger partial charge on any atom is -0.497 e. The molecule has 0 aliphatic heterocycles. The molecular weight excluding hydrogens is 418 g/mol. The topological polar surface area (TPSA) is 66.9 Å². The molecule has 160 valence electrons. The Morgan fingerprint density at radius 1 is 0.968 bits per heavy atom. The number of nitrogens with zero attached hydrogens (tertiary/aromatic N) is 1. The number of benzene rings is 2. The second kappa shape index (κ2) is 10.5. The summed E-state index contributed by atoms with van der Waals surface area (Å²) in [6.07, 6.45) is 4.80. The van der Waals surface area contributed by atoms with E-state index in [4.69, 9.17) is 30.5 Å². The molecule has 0 radical (unpaired) electrons. The molecule has 0 saturated carbocycles. The molecule has 6 nitrogen and oxygen atoms in total. The largest absolute Gasteiger partial charge is 0.497 e. The zero-order chi connectivity index (χ0) is 22.2. The van der Waals surface area contributed by atoms with E-state index in [1.54, 1.807) is 43.6 Å². The van der Waals surface area contributed by atoms with Crippen LogP contribution in [0.4, 0.5) is 0 Å². The first kappa shape index (κ1) is 22.2. The molecule has 0 amide bonds. The highest BCUT2D eigenvalue weighted by Crippen LogP contribution is 2.33. The number of methoxy groups -OCH3 is 3. The van der Waals surface area contributed by atoms with Crippen molar-refractivity contribution >= 4 is 23.5 Å². The van der Waals surface area contributed by atoms with Gasteiger partial charge >= 0.3 is 0 Å². The fourth-order valence-electron chi connectivity index (χ4n) is 2.86. The third kappa shape index (κ3) is 5.55. The van der Waals surface area contributed by atoms with E-state index in [1.807, 2.05) is 18.2 Å². The molecule has 0 fully saturated rings. The van der Waals surface area contributed by atoms with E-state index >= 15 is 0 Å². The van der Waals surface area contributed by atoms with Crippen molar-refractivity contribution in [3.05, 3.63) is 82.6 Å². The van der Waals surface area contributed by atoms with Gasteiger partial charge in [0, 0.05) is 17.8 Å². The van der Waals surface area contributed by atoms with E-state index in [9.17, 15) is 4.79 Å². The van der Waals surface area contributed by atoms with Gasteiger partial charge in [-0.15, -0.1) is 0 Å². The zero-order valence-electron chi connectivity index (χ0n) is 17.4. The predicted molar refractivity (Wildman–Crippen MR) is 119 cm³/mol. The number of ketones is 1. The van der Waals surface area contributed by atoms with Gasteiger partial charge in [-0.05, 0) is 48.6 Å². The molecule has 1 aromatic heterocycles. The minimum absolute atomic E-state index is 0.278. The van der Waals surface area contributed by atoms with E-state index < -0.39 is 0 Å². The second-order valence-corrected chi connectivity index (χ2v) is 6.81. The number of halogens is 1. The van der Waals surface area contributed by atoms with Crippen LogP contribution < -0.4 is 18.9 Å². The van der Waals surface area contributed by atoms with Gasteiger partial charge in [0.15, 0.2) is 5.78 Å². The summed E-state index contributed by atoms with van der Waals surface area (Å²) >= 11 is 6.18. The number of carbonyl (C=O) groups is 1. The molecule has 31 heavy (non-hydrogen) atoms. The normalized spacial score (nSPS) is 10.7. The Bertz CT molecular complexity index is 1080. The number of hydrogen-bond acceptors (Lipinski definition) is 6. The molecule has 0 N–H and O–H groups in total. The highest BCUT2D eigenvalue weighted by molar-refractivity contribution is 6.32. The third-order valence-electron chi connectivity index (χ3n) is 4.47. The summed E-state index contributed by atoms with van der Waals surface area (Å²) in [7, 11) is 4.55. The smallest absolute Gasteiger partial charge is 0.189 e. The third-order valence-corrected chi connectivity index (χ3v) is 4.77. The Morgan fingerprint density at radius 3 is 2.45 bits per heavy atom. The predicted octanol–water partition coefficient (Wildman–Crippen LogP) is 5.24. The fraction of sp³-hybridized carbons (Fsp3) is 0.167. The molecule has 3 aromatic rings. The van der Waals surface area contributed by atoms with Crippen LogP contribution in [0, 0.1) is 0 Å². The quantitative estimate of drug-likeness (QED) is 0.335. The average molecular weight is 440 g/mol. The molecule has 0 spiro atoms. The zero-order valence-corrected chi connectivity index (χ0v) is 18.2. The number of ether oxygens (including phenoxy) is 4. The van der Waals surface area contributed by atoms with Crippen LogP contribution in [0.1, 0.15) is 21.6 Å². The van der Waals surface area contributed by atoms with Crippen molar-refractivity contribution in [2.75, 3.05) is 21.3 Å². The van der Waals surface area contributed by atoms with Gasteiger partial charge in [-0.1, -0.05) is 17.7 Å². The van der Waals surface area contributed by atoms with E-state index in [2.05, 4.69) is 4.98 Å². The van der Waals surface area contributed by atoms with E-state index in [0.29, 0.717) is 45.8 Å². The summed E-state index contributed by atoms with van der Waals surface area (Å²) in [5.74, 6) is 1.75. The lowest BCUT2D eigenvalue weighted by atomic mass is 10.1. The number of rotatable bonds is 9. The van der Waals surface area contributed by atoms with E-state index in [0.717, 1.165) is 5.69 Å². The van der Waals surface area contributed by atoms with E-state index in [1.165, 1.54) is 26.4 Å². The van der Waals surface area contributed by atoms with Crippen LogP contribution >= 0.6 is 11.6 Å². The average Bonchev–Trinajstić information content (AvgIpc) is 2.81. The summed E-state index contributed by atoms with van der Waals surface area (Å²) in [5.41, 5.74) is 1.80. The molecule has 0 aliphatic rings. The summed E-state index contributed by atoms with van der Waals surface area (Å²) < 4.78 is 21.7. The first-order chi connectivity index (χ1) is 15.0. The molecule has 0 unspecified atom stereocenters. The van der Waals surface area contributed by atoms with Gasteiger partial charge in [0.05, 0.1) is 37.6 Å². The lowest BCUT2D eigenvalue weighted by molar-refractivity contribution is 0.104. The monoisotopic (exact) mass is 439 g/mol. The number of allylic oxidation sites excluding steroid dienone is 1. The molecule has 1 heterocycles. The molecule has 7 heteroatoms. The van der Waals surface area contributed by atoms with Crippen molar-refractivity contribution in [2.24, 2.45) is 0 Å². The summed E-state index contributed by atoms with van der Waals surface area (Å²) in [6.45, 7) is 0.296. The molecule has 2 aromatic carbocycles. The lowest BCUT2D eigenvalue weighted by Gasteiger charge is -2.11. The van der Waals surface area contributed by atoms with Gasteiger partial charge < -0.3 is 18.9 Å². The Morgan fingerprint density at radius 2 is 1.77 bits per heavy atom. The van der Waals surface area contributed by atoms with Crippen LogP contribution in [-0.4, -0.2) is 32.1 Å². The highest BCUT2D eigenvalue weighted by Gasteiger charge is 2.15. The Hall–Kier alpha value is -3.51. The van der Waals surface area contributed by atoms with Crippen molar-refractivity contribution in [1.29, 1.82) is 0 Å². The standard InChI is InChI=1S/C24H22ClNO5/c1-28-18-8-10-22(31-15-17-6-4-5-11-26-17)16(12-18)7-9-21(27)19-13-20(25)24(30-3)14-23(19)29-2/h4-14H,15H2,1-3H3. The molecule has 0 bridgehead atoms.